The molecule has 6 aliphatic rings. The number of aliphatic hydroxyl groups excluding tert-OH is 2. The lowest BCUT2D eigenvalue weighted by molar-refractivity contribution is -0.144. The van der Waals surface area contributed by atoms with E-state index in [4.69, 9.17) is 19.4 Å². The summed E-state index contributed by atoms with van der Waals surface area (Å²) in [5.41, 5.74) is 6.92. The summed E-state index contributed by atoms with van der Waals surface area (Å²) in [5, 5.41) is 26.5. The molecule has 6 atom stereocenters. The van der Waals surface area contributed by atoms with E-state index in [0.29, 0.717) is 89.9 Å². The van der Waals surface area contributed by atoms with Gasteiger partial charge in [0.2, 0.25) is 0 Å². The van der Waals surface area contributed by atoms with E-state index in [9.17, 15) is 46.1 Å². The highest BCUT2D eigenvalue weighted by Gasteiger charge is 2.38. The van der Waals surface area contributed by atoms with Gasteiger partial charge in [-0.3, -0.25) is 0 Å². The highest BCUT2D eigenvalue weighted by molar-refractivity contribution is 5.92. The van der Waals surface area contributed by atoms with E-state index in [0.717, 1.165) is 82.8 Å². The number of rotatable bonds is 10. The Kier molecular flexibility index (Phi) is 17.5. The van der Waals surface area contributed by atoms with Gasteiger partial charge in [0, 0.05) is 115 Å². The lowest BCUT2D eigenvalue weighted by Crippen LogP contribution is -2.37. The first kappa shape index (κ1) is 56.6. The molecule has 4 amide bonds. The molecule has 16 nitrogen and oxygen atoms in total. The van der Waals surface area contributed by atoms with E-state index < -0.39 is 49.2 Å². The SMILES string of the molecule is Cc1ccc(NC(=O)N2CC[C@@H](CC(F)(F)F)C2)cc1-c1cc(N2CCOCC2)nc(N2C[C@@H](C)[C@H](O)C2)c1.Cc1ccc(NC(=O)N2CC[C@@H](CC(F)(F)F)C2)cc1-c1cc(N2CCOCC2)nc(N2C[C@H](C)[C@@H](O)C2)c1. The fourth-order valence-corrected chi connectivity index (χ4v) is 11.3. The van der Waals surface area contributed by atoms with Crippen molar-refractivity contribution in [1.82, 2.24) is 19.8 Å². The van der Waals surface area contributed by atoms with Crippen molar-refractivity contribution >= 4 is 46.7 Å². The third-order valence-corrected chi connectivity index (χ3v) is 15.8. The van der Waals surface area contributed by atoms with E-state index in [1.807, 2.05) is 88.4 Å². The highest BCUT2D eigenvalue weighted by Crippen LogP contribution is 2.38. The predicted molar refractivity (Wildman–Crippen MR) is 288 cm³/mol. The maximum atomic E-state index is 12.9. The Balaban J connectivity index is 0.000000190. The summed E-state index contributed by atoms with van der Waals surface area (Å²) in [7, 11) is 0. The number of ether oxygens (including phenoxy) is 2. The minimum Gasteiger partial charge on any atom is -0.391 e. The Hall–Kier alpha value is -6.10. The molecule has 8 heterocycles. The first-order chi connectivity index (χ1) is 37.1. The standard InChI is InChI=1S/2C28H36F3N5O3/c2*1-18-3-4-22(32-27(38)35-6-5-20(16-35)14-28(29,30)31)13-23(18)21-11-25(34-7-9-39-10-8-34)33-26(12-21)36-15-19(2)24(37)17-36/h2*3-4,11-13,19-20,24,37H,5-10,14-17H2,1-2H3,(H,32,38)/t19-,20+,24-;19-,20-,24-/m10/s1. The first-order valence-electron chi connectivity index (χ1n) is 27.1. The van der Waals surface area contributed by atoms with Crippen molar-refractivity contribution in [2.75, 3.05) is 135 Å². The molecule has 0 saturated carbocycles. The van der Waals surface area contributed by atoms with Crippen LogP contribution in [0, 0.1) is 37.5 Å². The molecule has 2 aromatic carbocycles. The molecule has 0 bridgehead atoms. The van der Waals surface area contributed by atoms with Gasteiger partial charge in [-0.05, 0) is 120 Å². The van der Waals surface area contributed by atoms with Crippen molar-refractivity contribution in [3.05, 3.63) is 71.8 Å². The zero-order valence-corrected chi connectivity index (χ0v) is 44.8. The van der Waals surface area contributed by atoms with Crippen LogP contribution in [0.15, 0.2) is 60.7 Å². The molecule has 4 N–H and O–H groups in total. The number of β-amino-alcohol motifs (C(OH)–C–C–N with tert-alkyl or cyclic N) is 2. The lowest BCUT2D eigenvalue weighted by atomic mass is 10.00. The maximum absolute atomic E-state index is 12.9. The first-order valence-corrected chi connectivity index (χ1v) is 27.1. The van der Waals surface area contributed by atoms with Gasteiger partial charge in [-0.25, -0.2) is 19.6 Å². The average Bonchev–Trinajstić information content (AvgIpc) is 4.23. The van der Waals surface area contributed by atoms with Gasteiger partial charge >= 0.3 is 24.4 Å². The summed E-state index contributed by atoms with van der Waals surface area (Å²) in [5.74, 6) is 2.41. The number of hydrogen-bond acceptors (Lipinski definition) is 12. The number of anilines is 6. The number of amides is 4. The van der Waals surface area contributed by atoms with Crippen LogP contribution >= 0.6 is 0 Å². The summed E-state index contributed by atoms with van der Waals surface area (Å²) >= 11 is 0. The van der Waals surface area contributed by atoms with E-state index in [2.05, 4.69) is 30.2 Å². The number of benzene rings is 2. The molecule has 0 spiro atoms. The van der Waals surface area contributed by atoms with Gasteiger partial charge in [0.05, 0.1) is 38.6 Å². The van der Waals surface area contributed by atoms with Crippen LogP contribution in [0.25, 0.3) is 22.3 Å². The molecule has 2 aromatic heterocycles. The number of likely N-dealkylation sites (tertiary alicyclic amines) is 2. The van der Waals surface area contributed by atoms with E-state index in [1.54, 1.807) is 0 Å². The van der Waals surface area contributed by atoms with Crippen LogP contribution in [0.3, 0.4) is 0 Å². The van der Waals surface area contributed by atoms with Crippen LogP contribution in [0.5, 0.6) is 0 Å². The molecular weight excluding hydrogens is 1020 g/mol. The maximum Gasteiger partial charge on any atom is 0.389 e. The van der Waals surface area contributed by atoms with Crippen molar-refractivity contribution in [1.29, 1.82) is 0 Å². The third kappa shape index (κ3) is 14.4. The third-order valence-electron chi connectivity index (χ3n) is 15.8. The number of aryl methyl sites for hydroxylation is 2. The number of carbonyl (C=O) groups is 2. The lowest BCUT2D eigenvalue weighted by Gasteiger charge is -2.29. The molecule has 4 aromatic rings. The molecule has 424 valence electrons. The number of aromatic nitrogens is 2. The molecule has 6 fully saturated rings. The number of nitrogens with zero attached hydrogens (tertiary/aromatic N) is 8. The molecule has 78 heavy (non-hydrogen) atoms. The van der Waals surface area contributed by atoms with Gasteiger partial charge in [-0.1, -0.05) is 26.0 Å². The monoisotopic (exact) mass is 1090 g/mol. The Labute approximate surface area is 451 Å². The molecular formula is C56H72F6N10O6. The summed E-state index contributed by atoms with van der Waals surface area (Å²) in [6, 6.07) is 18.6. The van der Waals surface area contributed by atoms with Crippen LogP contribution in [-0.4, -0.2) is 172 Å². The smallest absolute Gasteiger partial charge is 0.389 e. The van der Waals surface area contributed by atoms with Crippen LogP contribution in [-0.2, 0) is 9.47 Å². The number of carbonyl (C=O) groups excluding carboxylic acids is 2. The van der Waals surface area contributed by atoms with Crippen molar-refractivity contribution in [2.24, 2.45) is 23.7 Å². The normalized spacial score (nSPS) is 23.9. The minimum atomic E-state index is -4.22. The molecule has 6 aliphatic heterocycles. The number of halogens is 6. The van der Waals surface area contributed by atoms with Gasteiger partial charge in [0.25, 0.3) is 0 Å². The molecule has 6 saturated heterocycles. The number of alkyl halides is 6. The Bertz CT molecular complexity index is 2540. The Morgan fingerprint density at radius 3 is 1.23 bits per heavy atom. The molecule has 10 rings (SSSR count). The molecule has 0 radical (unpaired) electrons. The van der Waals surface area contributed by atoms with Crippen LogP contribution < -0.4 is 30.2 Å². The summed E-state index contributed by atoms with van der Waals surface area (Å²) < 4.78 is 87.8. The zero-order valence-electron chi connectivity index (χ0n) is 44.8. The van der Waals surface area contributed by atoms with Gasteiger partial charge < -0.3 is 59.7 Å². The molecule has 22 heteroatoms. The van der Waals surface area contributed by atoms with Crippen LogP contribution in [0.4, 0.5) is 70.6 Å². The van der Waals surface area contributed by atoms with E-state index in [1.165, 1.54) is 9.80 Å². The van der Waals surface area contributed by atoms with E-state index in [-0.39, 0.29) is 37.0 Å². The van der Waals surface area contributed by atoms with E-state index >= 15 is 0 Å². The summed E-state index contributed by atoms with van der Waals surface area (Å²) in [4.78, 5) is 47.2. The van der Waals surface area contributed by atoms with Crippen LogP contribution in [0.2, 0.25) is 0 Å². The Morgan fingerprint density at radius 1 is 0.538 bits per heavy atom. The molecule has 0 aliphatic carbocycles. The summed E-state index contributed by atoms with van der Waals surface area (Å²) in [6.45, 7) is 16.7. The Morgan fingerprint density at radius 2 is 0.897 bits per heavy atom. The second-order valence-electron chi connectivity index (χ2n) is 22.0. The molecule has 0 unspecified atom stereocenters. The van der Waals surface area contributed by atoms with Gasteiger partial charge in [0.1, 0.15) is 23.3 Å². The van der Waals surface area contributed by atoms with Crippen molar-refractivity contribution in [3.63, 3.8) is 0 Å². The quantitative estimate of drug-likeness (QED) is 0.112. The fourth-order valence-electron chi connectivity index (χ4n) is 11.3. The van der Waals surface area contributed by atoms with Gasteiger partial charge in [-0.2, -0.15) is 26.3 Å². The number of hydrogen-bond donors (Lipinski definition) is 4. The average molecular weight is 1100 g/mol. The number of pyridine rings is 2. The van der Waals surface area contributed by atoms with Gasteiger partial charge in [0.15, 0.2) is 0 Å². The van der Waals surface area contributed by atoms with Gasteiger partial charge in [-0.15, -0.1) is 0 Å². The minimum absolute atomic E-state index is 0.0980. The van der Waals surface area contributed by atoms with Crippen molar-refractivity contribution in [3.8, 4) is 22.3 Å². The van der Waals surface area contributed by atoms with Crippen molar-refractivity contribution < 1.29 is 55.6 Å². The predicted octanol–water partition coefficient (Wildman–Crippen LogP) is 9.03. The fraction of sp³-hybridized carbons (Fsp3) is 0.571. The number of morpholine rings is 2. The van der Waals surface area contributed by atoms with Crippen molar-refractivity contribution in [2.45, 2.75) is 77.9 Å². The largest absolute Gasteiger partial charge is 0.391 e. The number of aliphatic hydroxyl groups is 2. The highest BCUT2D eigenvalue weighted by atomic mass is 19.4. The summed E-state index contributed by atoms with van der Waals surface area (Å²) in [6.07, 6.45) is -10.3. The topological polar surface area (TPSA) is 162 Å². The second-order valence-corrected chi connectivity index (χ2v) is 22.0. The number of urea groups is 2. The number of nitrogens with one attached hydrogen (secondary N) is 2. The second kappa shape index (κ2) is 24.1. The van der Waals surface area contributed by atoms with Crippen LogP contribution in [0.1, 0.15) is 50.7 Å². The zero-order chi connectivity index (χ0) is 55.5.